The van der Waals surface area contributed by atoms with Crippen molar-refractivity contribution in [3.05, 3.63) is 53.2 Å². The van der Waals surface area contributed by atoms with Crippen LogP contribution in [0.5, 0.6) is 17.2 Å². The smallest absolute Gasteiger partial charge is 0.138 e. The molecular weight excluding hydrogens is 288 g/mol. The maximum Gasteiger partial charge on any atom is 0.138 e. The number of methoxy groups -OCH3 is 1. The predicted octanol–water partition coefficient (Wildman–Crippen LogP) is 4.54. The Hall–Kier alpha value is -2.75. The summed E-state index contributed by atoms with van der Waals surface area (Å²) in [6, 6.07) is 9.74. The summed E-state index contributed by atoms with van der Waals surface area (Å²) < 4.78 is 11.5. The molecule has 0 aliphatic carbocycles. The van der Waals surface area contributed by atoms with Gasteiger partial charge in [-0.2, -0.15) is 0 Å². The number of anilines is 1. The predicted molar refractivity (Wildman–Crippen MR) is 93.4 cm³/mol. The maximum absolute atomic E-state index is 6.15. The molecule has 3 aromatic rings. The van der Waals surface area contributed by atoms with E-state index in [4.69, 9.17) is 15.2 Å². The first-order valence-electron chi connectivity index (χ1n) is 7.47. The van der Waals surface area contributed by atoms with Gasteiger partial charge in [0.15, 0.2) is 0 Å². The number of fused-ring (bicyclic) bond motifs is 1. The summed E-state index contributed by atoms with van der Waals surface area (Å²) in [7, 11) is 1.66. The number of aryl methyl sites for hydroxylation is 3. The van der Waals surface area contributed by atoms with Crippen LogP contribution in [-0.2, 0) is 0 Å². The van der Waals surface area contributed by atoms with Gasteiger partial charge in [-0.05, 0) is 61.7 Å². The summed E-state index contributed by atoms with van der Waals surface area (Å²) in [6.45, 7) is 5.97. The van der Waals surface area contributed by atoms with E-state index in [1.165, 1.54) is 0 Å². The van der Waals surface area contributed by atoms with Gasteiger partial charge in [-0.3, -0.25) is 4.98 Å². The third-order valence-electron chi connectivity index (χ3n) is 4.00. The summed E-state index contributed by atoms with van der Waals surface area (Å²) in [5.74, 6) is 2.40. The fourth-order valence-electron chi connectivity index (χ4n) is 2.61. The zero-order chi connectivity index (χ0) is 16.6. The maximum atomic E-state index is 6.15. The van der Waals surface area contributed by atoms with E-state index in [1.807, 2.05) is 51.1 Å². The molecule has 2 aromatic carbocycles. The number of aromatic nitrogens is 1. The second kappa shape index (κ2) is 5.80. The zero-order valence-electron chi connectivity index (χ0n) is 13.8. The Morgan fingerprint density at radius 1 is 0.870 bits per heavy atom. The van der Waals surface area contributed by atoms with E-state index in [0.717, 1.165) is 50.5 Å². The summed E-state index contributed by atoms with van der Waals surface area (Å²) in [5, 5.41) is 0.958. The average Bonchev–Trinajstić information content (AvgIpc) is 2.52. The Labute approximate surface area is 135 Å². The quantitative estimate of drug-likeness (QED) is 0.721. The third kappa shape index (κ3) is 2.80. The Morgan fingerprint density at radius 2 is 1.61 bits per heavy atom. The van der Waals surface area contributed by atoms with Gasteiger partial charge in [0.25, 0.3) is 0 Å². The van der Waals surface area contributed by atoms with Gasteiger partial charge in [-0.1, -0.05) is 0 Å². The average molecular weight is 308 g/mol. The molecule has 2 N–H and O–H groups in total. The number of nitrogens with two attached hydrogens (primary N) is 1. The molecule has 0 unspecified atom stereocenters. The zero-order valence-corrected chi connectivity index (χ0v) is 13.8. The van der Waals surface area contributed by atoms with E-state index < -0.39 is 0 Å². The first-order valence-corrected chi connectivity index (χ1v) is 7.47. The minimum atomic E-state index is 0.771. The summed E-state index contributed by atoms with van der Waals surface area (Å²) in [6.07, 6.45) is 1.74. The van der Waals surface area contributed by atoms with E-state index in [1.54, 1.807) is 13.3 Å². The number of pyridine rings is 1. The Kier molecular flexibility index (Phi) is 3.82. The lowest BCUT2D eigenvalue weighted by Crippen LogP contribution is -1.95. The minimum Gasteiger partial charge on any atom is -0.496 e. The SMILES string of the molecule is COc1cc2nccc(Oc3cc(C)c(N)cc3C)c2cc1C. The molecule has 0 radical (unpaired) electrons. The number of ether oxygens (including phenoxy) is 2. The van der Waals surface area contributed by atoms with Crippen molar-refractivity contribution in [3.63, 3.8) is 0 Å². The normalized spacial score (nSPS) is 10.8. The number of hydrogen-bond donors (Lipinski definition) is 1. The molecule has 0 saturated carbocycles. The van der Waals surface area contributed by atoms with E-state index in [0.29, 0.717) is 0 Å². The Bertz CT molecular complexity index is 888. The molecule has 23 heavy (non-hydrogen) atoms. The van der Waals surface area contributed by atoms with Crippen LogP contribution in [0.15, 0.2) is 36.5 Å². The highest BCUT2D eigenvalue weighted by Gasteiger charge is 2.10. The number of nitrogens with zero attached hydrogens (tertiary/aromatic N) is 1. The van der Waals surface area contributed by atoms with Gasteiger partial charge in [0.2, 0.25) is 0 Å². The lowest BCUT2D eigenvalue weighted by molar-refractivity contribution is 0.412. The second-order valence-corrected chi connectivity index (χ2v) is 5.72. The number of hydrogen-bond acceptors (Lipinski definition) is 4. The first kappa shape index (κ1) is 15.2. The van der Waals surface area contributed by atoms with Crippen LogP contribution in [-0.4, -0.2) is 12.1 Å². The molecule has 0 amide bonds. The molecule has 0 spiro atoms. The Morgan fingerprint density at radius 3 is 2.35 bits per heavy atom. The molecule has 0 fully saturated rings. The van der Waals surface area contributed by atoms with Crippen molar-refractivity contribution in [1.82, 2.24) is 4.98 Å². The summed E-state index contributed by atoms with van der Waals surface area (Å²) in [5.41, 5.74) is 10.6. The van der Waals surface area contributed by atoms with E-state index in [9.17, 15) is 0 Å². The molecule has 0 aliphatic heterocycles. The highest BCUT2D eigenvalue weighted by molar-refractivity contribution is 5.87. The van der Waals surface area contributed by atoms with Gasteiger partial charge in [-0.15, -0.1) is 0 Å². The van der Waals surface area contributed by atoms with E-state index >= 15 is 0 Å². The van der Waals surface area contributed by atoms with Crippen molar-refractivity contribution in [2.24, 2.45) is 0 Å². The molecule has 1 heterocycles. The standard InChI is InChI=1S/C19H20N2O2/c1-11-9-19(13(3)8-15(11)20)23-17-5-6-21-16-10-18(22-4)12(2)7-14(16)17/h5-10H,20H2,1-4H3. The van der Waals surface area contributed by atoms with Crippen molar-refractivity contribution in [2.45, 2.75) is 20.8 Å². The van der Waals surface area contributed by atoms with Crippen LogP contribution < -0.4 is 15.2 Å². The second-order valence-electron chi connectivity index (χ2n) is 5.72. The molecule has 0 bridgehead atoms. The van der Waals surface area contributed by atoms with Gasteiger partial charge in [0.1, 0.15) is 17.2 Å². The molecule has 3 rings (SSSR count). The molecule has 0 atom stereocenters. The van der Waals surface area contributed by atoms with Crippen LogP contribution in [0.2, 0.25) is 0 Å². The third-order valence-corrected chi connectivity index (χ3v) is 4.00. The molecule has 4 nitrogen and oxygen atoms in total. The van der Waals surface area contributed by atoms with E-state index in [2.05, 4.69) is 4.98 Å². The van der Waals surface area contributed by atoms with Crippen molar-refractivity contribution in [1.29, 1.82) is 0 Å². The van der Waals surface area contributed by atoms with Crippen molar-refractivity contribution in [3.8, 4) is 17.2 Å². The van der Waals surface area contributed by atoms with Crippen molar-refractivity contribution < 1.29 is 9.47 Å². The van der Waals surface area contributed by atoms with Crippen LogP contribution in [0.1, 0.15) is 16.7 Å². The number of rotatable bonds is 3. The fraction of sp³-hybridized carbons (Fsp3) is 0.211. The van der Waals surface area contributed by atoms with Crippen LogP contribution in [0, 0.1) is 20.8 Å². The molecule has 118 valence electrons. The van der Waals surface area contributed by atoms with Crippen LogP contribution in [0.25, 0.3) is 10.9 Å². The Balaban J connectivity index is 2.10. The van der Waals surface area contributed by atoms with Crippen molar-refractivity contribution >= 4 is 16.6 Å². The number of nitrogen functional groups attached to an aromatic ring is 1. The lowest BCUT2D eigenvalue weighted by Gasteiger charge is -2.14. The molecule has 0 aliphatic rings. The lowest BCUT2D eigenvalue weighted by atomic mass is 10.1. The molecule has 0 saturated heterocycles. The van der Waals surface area contributed by atoms with Crippen LogP contribution in [0.4, 0.5) is 5.69 Å². The molecule has 1 aromatic heterocycles. The van der Waals surface area contributed by atoms with Gasteiger partial charge >= 0.3 is 0 Å². The summed E-state index contributed by atoms with van der Waals surface area (Å²) >= 11 is 0. The largest absolute Gasteiger partial charge is 0.496 e. The van der Waals surface area contributed by atoms with Crippen molar-refractivity contribution in [2.75, 3.05) is 12.8 Å². The topological polar surface area (TPSA) is 57.4 Å². The van der Waals surface area contributed by atoms with Crippen LogP contribution >= 0.6 is 0 Å². The molecular formula is C19H20N2O2. The first-order chi connectivity index (χ1) is 11.0. The highest BCUT2D eigenvalue weighted by atomic mass is 16.5. The fourth-order valence-corrected chi connectivity index (χ4v) is 2.61. The van der Waals surface area contributed by atoms with Gasteiger partial charge in [0.05, 0.1) is 12.6 Å². The summed E-state index contributed by atoms with van der Waals surface area (Å²) in [4.78, 5) is 4.41. The minimum absolute atomic E-state index is 0.771. The van der Waals surface area contributed by atoms with Crippen LogP contribution in [0.3, 0.4) is 0 Å². The molecule has 4 heteroatoms. The van der Waals surface area contributed by atoms with Gasteiger partial charge < -0.3 is 15.2 Å². The monoisotopic (exact) mass is 308 g/mol. The van der Waals surface area contributed by atoms with Gasteiger partial charge in [0, 0.05) is 23.3 Å². The number of benzene rings is 2. The van der Waals surface area contributed by atoms with Gasteiger partial charge in [-0.25, -0.2) is 0 Å². The van der Waals surface area contributed by atoms with E-state index in [-0.39, 0.29) is 0 Å². The highest BCUT2D eigenvalue weighted by Crippen LogP contribution is 2.35.